The number of hydrogen-bond acceptors (Lipinski definition) is 4. The first-order valence-corrected chi connectivity index (χ1v) is 6.70. The third kappa shape index (κ3) is 1.89. The molecule has 1 aromatic carbocycles. The van der Waals surface area contributed by atoms with Crippen LogP contribution < -0.4 is 11.1 Å². The van der Waals surface area contributed by atoms with E-state index < -0.39 is 11.1 Å². The maximum absolute atomic E-state index is 12.2. The summed E-state index contributed by atoms with van der Waals surface area (Å²) < 4.78 is 1.69. The fraction of sp³-hybridized carbons (Fsp3) is 0. The van der Waals surface area contributed by atoms with Crippen molar-refractivity contribution in [2.45, 2.75) is 0 Å². The molecule has 0 aliphatic heterocycles. The molecule has 0 saturated heterocycles. The molecule has 106 valence electrons. The molecule has 22 heavy (non-hydrogen) atoms. The summed E-state index contributed by atoms with van der Waals surface area (Å²) in [6, 6.07) is 12.5. The van der Waals surface area contributed by atoms with Crippen molar-refractivity contribution < 1.29 is 0 Å². The number of fused-ring (bicyclic) bond motifs is 2. The van der Waals surface area contributed by atoms with Crippen molar-refractivity contribution in [1.29, 1.82) is 0 Å². The zero-order chi connectivity index (χ0) is 15.1. The van der Waals surface area contributed by atoms with Crippen molar-refractivity contribution in [2.24, 2.45) is 0 Å². The summed E-state index contributed by atoms with van der Waals surface area (Å²) in [4.78, 5) is 35.5. The predicted molar refractivity (Wildman–Crippen MR) is 82.8 cm³/mol. The molecule has 0 unspecified atom stereocenters. The van der Waals surface area contributed by atoms with E-state index >= 15 is 0 Å². The summed E-state index contributed by atoms with van der Waals surface area (Å²) in [5, 5.41) is 0. The average molecular weight is 290 g/mol. The van der Waals surface area contributed by atoms with Crippen LogP contribution >= 0.6 is 0 Å². The lowest BCUT2D eigenvalue weighted by Gasteiger charge is -2.04. The zero-order valence-corrected chi connectivity index (χ0v) is 11.4. The van der Waals surface area contributed by atoms with Gasteiger partial charge >= 0.3 is 0 Å². The minimum atomic E-state index is -0.473. The van der Waals surface area contributed by atoms with Crippen molar-refractivity contribution in [3.05, 3.63) is 75.6 Å². The second kappa shape index (κ2) is 4.63. The standard InChI is InChI=1S/C16H10N4O2/c21-15-10(9-20-8-4-3-7-13(20)19-15)14-16(22)18-12-6-2-1-5-11(12)17-14/h1-9H,(H,18,22). The molecule has 3 heterocycles. The molecule has 1 N–H and O–H groups in total. The fourth-order valence-electron chi connectivity index (χ4n) is 2.38. The van der Waals surface area contributed by atoms with Crippen molar-refractivity contribution in [3.63, 3.8) is 0 Å². The molecule has 0 amide bonds. The number of nitrogens with zero attached hydrogens (tertiary/aromatic N) is 3. The summed E-state index contributed by atoms with van der Waals surface area (Å²) in [5.74, 6) is 0. The molecular formula is C16H10N4O2. The minimum absolute atomic E-state index is 0.0782. The van der Waals surface area contributed by atoms with Gasteiger partial charge in [-0.25, -0.2) is 4.98 Å². The number of aromatic amines is 1. The van der Waals surface area contributed by atoms with Gasteiger partial charge in [0, 0.05) is 12.4 Å². The Bertz CT molecular complexity index is 1040. The highest BCUT2D eigenvalue weighted by molar-refractivity contribution is 5.76. The van der Waals surface area contributed by atoms with Crippen molar-refractivity contribution in [2.75, 3.05) is 0 Å². The molecule has 0 spiro atoms. The highest BCUT2D eigenvalue weighted by atomic mass is 16.1. The highest BCUT2D eigenvalue weighted by Crippen LogP contribution is 2.12. The third-order valence-electron chi connectivity index (χ3n) is 3.44. The van der Waals surface area contributed by atoms with Gasteiger partial charge in [0.15, 0.2) is 0 Å². The first-order valence-electron chi connectivity index (χ1n) is 6.70. The van der Waals surface area contributed by atoms with Crippen molar-refractivity contribution in [3.8, 4) is 11.3 Å². The molecule has 0 atom stereocenters. The summed E-state index contributed by atoms with van der Waals surface area (Å²) in [6.45, 7) is 0. The van der Waals surface area contributed by atoms with E-state index in [2.05, 4.69) is 15.0 Å². The highest BCUT2D eigenvalue weighted by Gasteiger charge is 2.12. The Kier molecular flexibility index (Phi) is 2.62. The number of para-hydroxylation sites is 2. The van der Waals surface area contributed by atoms with Crippen LogP contribution in [0.15, 0.2) is 64.4 Å². The quantitative estimate of drug-likeness (QED) is 0.577. The van der Waals surface area contributed by atoms with Gasteiger partial charge < -0.3 is 9.38 Å². The van der Waals surface area contributed by atoms with Gasteiger partial charge in [-0.05, 0) is 24.3 Å². The van der Waals surface area contributed by atoms with E-state index in [1.807, 2.05) is 18.2 Å². The van der Waals surface area contributed by atoms with E-state index in [4.69, 9.17) is 0 Å². The number of rotatable bonds is 1. The Hall–Kier alpha value is -3.28. The van der Waals surface area contributed by atoms with Gasteiger partial charge in [-0.2, -0.15) is 4.98 Å². The van der Waals surface area contributed by atoms with Gasteiger partial charge in [-0.15, -0.1) is 0 Å². The maximum atomic E-state index is 12.2. The minimum Gasteiger partial charge on any atom is -0.319 e. The SMILES string of the molecule is O=c1nc2ccccn2cc1-c1nc2ccccc2[nH]c1=O. The topological polar surface area (TPSA) is 80.1 Å². The second-order valence-corrected chi connectivity index (χ2v) is 4.86. The van der Waals surface area contributed by atoms with E-state index in [-0.39, 0.29) is 11.3 Å². The van der Waals surface area contributed by atoms with Gasteiger partial charge in [0.1, 0.15) is 11.3 Å². The van der Waals surface area contributed by atoms with Crippen molar-refractivity contribution >= 4 is 16.7 Å². The van der Waals surface area contributed by atoms with Gasteiger partial charge in [0.25, 0.3) is 11.1 Å². The van der Waals surface area contributed by atoms with Crippen LogP contribution in [0, 0.1) is 0 Å². The average Bonchev–Trinajstić information content (AvgIpc) is 2.54. The lowest BCUT2D eigenvalue weighted by atomic mass is 10.2. The van der Waals surface area contributed by atoms with E-state index in [0.717, 1.165) is 0 Å². The van der Waals surface area contributed by atoms with Crippen LogP contribution in [0.1, 0.15) is 0 Å². The number of hydrogen-bond donors (Lipinski definition) is 1. The lowest BCUT2D eigenvalue weighted by molar-refractivity contribution is 1.07. The van der Waals surface area contributed by atoms with Crippen LogP contribution in [0.2, 0.25) is 0 Å². The largest absolute Gasteiger partial charge is 0.319 e. The van der Waals surface area contributed by atoms with E-state index in [1.54, 1.807) is 41.1 Å². The molecule has 6 heteroatoms. The Balaban J connectivity index is 2.06. The Morgan fingerprint density at radius 2 is 1.77 bits per heavy atom. The van der Waals surface area contributed by atoms with E-state index in [0.29, 0.717) is 16.7 Å². The van der Waals surface area contributed by atoms with Crippen LogP contribution in [0.5, 0.6) is 0 Å². The van der Waals surface area contributed by atoms with Crippen LogP contribution in [0.4, 0.5) is 0 Å². The normalized spacial score (nSPS) is 11.1. The molecule has 0 bridgehead atoms. The number of benzene rings is 1. The van der Waals surface area contributed by atoms with Crippen LogP contribution in [0.3, 0.4) is 0 Å². The summed E-state index contributed by atoms with van der Waals surface area (Å²) in [5.41, 5.74) is 1.14. The van der Waals surface area contributed by atoms with Gasteiger partial charge in [-0.3, -0.25) is 9.59 Å². The molecule has 0 fully saturated rings. The predicted octanol–water partition coefficient (Wildman–Crippen LogP) is 1.60. The molecule has 0 radical (unpaired) electrons. The zero-order valence-electron chi connectivity index (χ0n) is 11.4. The first kappa shape index (κ1) is 12.5. The Morgan fingerprint density at radius 3 is 2.68 bits per heavy atom. The lowest BCUT2D eigenvalue weighted by Crippen LogP contribution is -2.19. The summed E-state index contributed by atoms with van der Waals surface area (Å²) in [6.07, 6.45) is 3.34. The molecule has 0 aliphatic carbocycles. The molecule has 4 aromatic rings. The van der Waals surface area contributed by atoms with Crippen molar-refractivity contribution in [1.82, 2.24) is 19.4 Å². The smallest absolute Gasteiger partial charge is 0.282 e. The van der Waals surface area contributed by atoms with Gasteiger partial charge in [0.05, 0.1) is 16.6 Å². The van der Waals surface area contributed by atoms with E-state index in [1.165, 1.54) is 0 Å². The van der Waals surface area contributed by atoms with Crippen LogP contribution in [-0.4, -0.2) is 19.4 Å². The first-order chi connectivity index (χ1) is 10.7. The second-order valence-electron chi connectivity index (χ2n) is 4.86. The molecule has 6 nitrogen and oxygen atoms in total. The van der Waals surface area contributed by atoms with Crippen LogP contribution in [0.25, 0.3) is 27.9 Å². The summed E-state index contributed by atoms with van der Waals surface area (Å²) >= 11 is 0. The molecule has 3 aromatic heterocycles. The van der Waals surface area contributed by atoms with E-state index in [9.17, 15) is 9.59 Å². The maximum Gasteiger partial charge on any atom is 0.282 e. The van der Waals surface area contributed by atoms with Gasteiger partial charge in [0.2, 0.25) is 0 Å². The fourth-order valence-corrected chi connectivity index (χ4v) is 2.38. The monoisotopic (exact) mass is 290 g/mol. The number of aromatic nitrogens is 4. The number of nitrogens with one attached hydrogen (secondary N) is 1. The number of H-pyrrole nitrogens is 1. The third-order valence-corrected chi connectivity index (χ3v) is 3.44. The number of pyridine rings is 1. The molecule has 0 aliphatic rings. The Morgan fingerprint density at radius 1 is 0.955 bits per heavy atom. The van der Waals surface area contributed by atoms with Gasteiger partial charge in [-0.1, -0.05) is 18.2 Å². The molecule has 4 rings (SSSR count). The molecule has 0 saturated carbocycles. The van der Waals surface area contributed by atoms with Crippen LogP contribution in [-0.2, 0) is 0 Å². The summed E-state index contributed by atoms with van der Waals surface area (Å²) in [7, 11) is 0. The Labute approximate surface area is 123 Å². The molecular weight excluding hydrogens is 280 g/mol.